The summed E-state index contributed by atoms with van der Waals surface area (Å²) in [6, 6.07) is 9.33. The van der Waals surface area contributed by atoms with Gasteiger partial charge in [-0.2, -0.15) is 5.10 Å². The van der Waals surface area contributed by atoms with E-state index < -0.39 is 0 Å². The number of aryl methyl sites for hydroxylation is 1. The molecule has 0 spiro atoms. The van der Waals surface area contributed by atoms with Crippen LogP contribution in [0.3, 0.4) is 0 Å². The Balaban J connectivity index is 1.79. The molecule has 3 nitrogen and oxygen atoms in total. The first-order valence-electron chi connectivity index (χ1n) is 7.78. The molecule has 0 saturated carbocycles. The second-order valence-corrected chi connectivity index (χ2v) is 6.59. The van der Waals surface area contributed by atoms with Crippen LogP contribution in [0.15, 0.2) is 41.6 Å². The minimum atomic E-state index is 0.487. The Bertz CT molecular complexity index is 593. The van der Waals surface area contributed by atoms with Crippen LogP contribution in [0.4, 0.5) is 0 Å². The highest BCUT2D eigenvalue weighted by molar-refractivity contribution is 7.99. The molecule has 112 valence electrons. The van der Waals surface area contributed by atoms with Gasteiger partial charge < -0.3 is 5.32 Å². The van der Waals surface area contributed by atoms with Gasteiger partial charge in [0.1, 0.15) is 0 Å². The first-order valence-corrected chi connectivity index (χ1v) is 8.76. The number of nitrogens with zero attached hydrogens (tertiary/aromatic N) is 2. The summed E-state index contributed by atoms with van der Waals surface area (Å²) in [5.74, 6) is 1.77. The van der Waals surface area contributed by atoms with Gasteiger partial charge in [0.2, 0.25) is 0 Å². The van der Waals surface area contributed by atoms with E-state index in [-0.39, 0.29) is 0 Å². The fourth-order valence-corrected chi connectivity index (χ4v) is 4.41. The SMILES string of the molecule is CCNC(Cc1cnn(CC)c1)C1CSc2ccccc21. The molecule has 1 aromatic heterocycles. The van der Waals surface area contributed by atoms with E-state index in [1.165, 1.54) is 21.8 Å². The fraction of sp³-hybridized carbons (Fsp3) is 0.471. The lowest BCUT2D eigenvalue weighted by Gasteiger charge is -2.24. The summed E-state index contributed by atoms with van der Waals surface area (Å²) < 4.78 is 2.01. The van der Waals surface area contributed by atoms with E-state index in [9.17, 15) is 0 Å². The molecular weight excluding hydrogens is 278 g/mol. The maximum Gasteiger partial charge on any atom is 0.0522 e. The maximum absolute atomic E-state index is 4.40. The molecule has 0 fully saturated rings. The smallest absolute Gasteiger partial charge is 0.0522 e. The summed E-state index contributed by atoms with van der Waals surface area (Å²) in [7, 11) is 0. The van der Waals surface area contributed by atoms with Crippen molar-refractivity contribution in [3.8, 4) is 0 Å². The van der Waals surface area contributed by atoms with Gasteiger partial charge in [-0.1, -0.05) is 25.1 Å². The van der Waals surface area contributed by atoms with Crippen LogP contribution in [0, 0.1) is 0 Å². The Hall–Kier alpha value is -1.26. The van der Waals surface area contributed by atoms with Crippen LogP contribution in [-0.4, -0.2) is 28.1 Å². The third-order valence-electron chi connectivity index (χ3n) is 4.16. The van der Waals surface area contributed by atoms with E-state index >= 15 is 0 Å². The van der Waals surface area contributed by atoms with Crippen molar-refractivity contribution < 1.29 is 0 Å². The fourth-order valence-electron chi connectivity index (χ4n) is 3.08. The monoisotopic (exact) mass is 301 g/mol. The molecule has 0 bridgehead atoms. The van der Waals surface area contributed by atoms with Crippen LogP contribution in [0.2, 0.25) is 0 Å². The normalized spacial score (nSPS) is 18.7. The highest BCUT2D eigenvalue weighted by atomic mass is 32.2. The molecular formula is C17H23N3S. The highest BCUT2D eigenvalue weighted by Gasteiger charge is 2.29. The topological polar surface area (TPSA) is 29.9 Å². The molecule has 4 heteroatoms. The van der Waals surface area contributed by atoms with E-state index in [1.807, 2.05) is 22.6 Å². The van der Waals surface area contributed by atoms with Crippen molar-refractivity contribution in [3.05, 3.63) is 47.8 Å². The summed E-state index contributed by atoms with van der Waals surface area (Å²) in [6.45, 7) is 6.27. The molecule has 2 atom stereocenters. The van der Waals surface area contributed by atoms with Crippen molar-refractivity contribution in [2.75, 3.05) is 12.3 Å². The van der Waals surface area contributed by atoms with Crippen LogP contribution >= 0.6 is 11.8 Å². The zero-order chi connectivity index (χ0) is 14.7. The summed E-state index contributed by atoms with van der Waals surface area (Å²) in [5, 5.41) is 8.09. The van der Waals surface area contributed by atoms with Gasteiger partial charge in [0, 0.05) is 35.3 Å². The number of hydrogen-bond acceptors (Lipinski definition) is 3. The van der Waals surface area contributed by atoms with Gasteiger partial charge in [0.05, 0.1) is 6.20 Å². The lowest BCUT2D eigenvalue weighted by molar-refractivity contribution is 0.463. The van der Waals surface area contributed by atoms with Crippen molar-refractivity contribution in [2.24, 2.45) is 0 Å². The van der Waals surface area contributed by atoms with Crippen LogP contribution in [0.1, 0.15) is 30.9 Å². The van der Waals surface area contributed by atoms with E-state index in [2.05, 4.69) is 54.7 Å². The number of fused-ring (bicyclic) bond motifs is 1. The molecule has 1 N–H and O–H groups in total. The standard InChI is InChI=1S/C17H23N3S/c1-3-18-16(9-13-10-19-20(4-2)11-13)15-12-21-17-8-6-5-7-14(15)17/h5-8,10-11,15-16,18H,3-4,9,12H2,1-2H3. The number of benzene rings is 1. The molecule has 2 aromatic rings. The van der Waals surface area contributed by atoms with Crippen molar-refractivity contribution >= 4 is 11.8 Å². The molecule has 2 heterocycles. The number of aromatic nitrogens is 2. The van der Waals surface area contributed by atoms with Gasteiger partial charge in [-0.25, -0.2) is 0 Å². The summed E-state index contributed by atoms with van der Waals surface area (Å²) >= 11 is 1.99. The molecule has 1 aliphatic heterocycles. The molecule has 0 radical (unpaired) electrons. The number of thioether (sulfide) groups is 1. The molecule has 3 rings (SSSR count). The van der Waals surface area contributed by atoms with Crippen molar-refractivity contribution in [3.63, 3.8) is 0 Å². The Morgan fingerprint density at radius 3 is 3.00 bits per heavy atom. The predicted octanol–water partition coefficient (Wildman–Crippen LogP) is 3.31. The predicted molar refractivity (Wildman–Crippen MR) is 89.0 cm³/mol. The van der Waals surface area contributed by atoms with Crippen LogP contribution in [0.25, 0.3) is 0 Å². The van der Waals surface area contributed by atoms with E-state index in [4.69, 9.17) is 0 Å². The van der Waals surface area contributed by atoms with Crippen molar-refractivity contribution in [1.29, 1.82) is 0 Å². The van der Waals surface area contributed by atoms with E-state index in [0.717, 1.165) is 19.5 Å². The Kier molecular flexibility index (Phi) is 4.66. The third-order valence-corrected chi connectivity index (χ3v) is 5.36. The van der Waals surface area contributed by atoms with Gasteiger partial charge >= 0.3 is 0 Å². The second-order valence-electron chi connectivity index (χ2n) is 5.53. The Morgan fingerprint density at radius 2 is 2.24 bits per heavy atom. The summed E-state index contributed by atoms with van der Waals surface area (Å²) in [6.07, 6.45) is 5.24. The largest absolute Gasteiger partial charge is 0.313 e. The second kappa shape index (κ2) is 6.67. The lowest BCUT2D eigenvalue weighted by Crippen LogP contribution is -2.36. The molecule has 2 unspecified atom stereocenters. The first-order chi connectivity index (χ1) is 10.3. The van der Waals surface area contributed by atoms with Crippen molar-refractivity contribution in [1.82, 2.24) is 15.1 Å². The van der Waals surface area contributed by atoms with Gasteiger partial charge in [0.25, 0.3) is 0 Å². The molecule has 0 saturated heterocycles. The minimum Gasteiger partial charge on any atom is -0.313 e. The Labute approximate surface area is 131 Å². The Morgan fingerprint density at radius 1 is 1.38 bits per heavy atom. The van der Waals surface area contributed by atoms with E-state index in [0.29, 0.717) is 12.0 Å². The van der Waals surface area contributed by atoms with Crippen molar-refractivity contribution in [2.45, 2.75) is 43.7 Å². The average molecular weight is 301 g/mol. The molecule has 1 aliphatic rings. The zero-order valence-corrected chi connectivity index (χ0v) is 13.6. The number of nitrogens with one attached hydrogen (secondary N) is 1. The average Bonchev–Trinajstić information content (AvgIpc) is 3.13. The molecule has 1 aromatic carbocycles. The highest BCUT2D eigenvalue weighted by Crippen LogP contribution is 2.41. The van der Waals surface area contributed by atoms with Gasteiger partial charge in [-0.05, 0) is 37.1 Å². The minimum absolute atomic E-state index is 0.487. The third kappa shape index (κ3) is 3.16. The van der Waals surface area contributed by atoms with Gasteiger partial charge in [-0.3, -0.25) is 4.68 Å². The number of hydrogen-bond donors (Lipinski definition) is 1. The summed E-state index contributed by atoms with van der Waals surface area (Å²) in [4.78, 5) is 1.45. The zero-order valence-electron chi connectivity index (χ0n) is 12.7. The molecule has 0 aliphatic carbocycles. The van der Waals surface area contributed by atoms with Crippen LogP contribution in [-0.2, 0) is 13.0 Å². The van der Waals surface area contributed by atoms with E-state index in [1.54, 1.807) is 0 Å². The quantitative estimate of drug-likeness (QED) is 0.888. The maximum atomic E-state index is 4.40. The number of likely N-dealkylation sites (N-methyl/N-ethyl adjacent to an activating group) is 1. The summed E-state index contributed by atoms with van der Waals surface area (Å²) in [5.41, 5.74) is 2.84. The first kappa shape index (κ1) is 14.7. The van der Waals surface area contributed by atoms with Gasteiger partial charge in [0.15, 0.2) is 0 Å². The lowest BCUT2D eigenvalue weighted by atomic mass is 9.90. The van der Waals surface area contributed by atoms with Gasteiger partial charge in [-0.15, -0.1) is 11.8 Å². The number of rotatable bonds is 6. The van der Waals surface area contributed by atoms with Crippen LogP contribution in [0.5, 0.6) is 0 Å². The van der Waals surface area contributed by atoms with Crippen LogP contribution < -0.4 is 5.32 Å². The molecule has 21 heavy (non-hydrogen) atoms. The molecule has 0 amide bonds.